The summed E-state index contributed by atoms with van der Waals surface area (Å²) in [4.78, 5) is 2.73. The average molecular weight is 282 g/mol. The van der Waals surface area contributed by atoms with Gasteiger partial charge in [0.25, 0.3) is 0 Å². The van der Waals surface area contributed by atoms with E-state index in [1.165, 1.54) is 0 Å². The maximum absolute atomic E-state index is 12.2. The quantitative estimate of drug-likeness (QED) is 0.916. The van der Waals surface area contributed by atoms with Crippen LogP contribution in [0, 0.1) is 0 Å². The number of anilines is 1. The second-order valence-electron chi connectivity index (χ2n) is 4.98. The van der Waals surface area contributed by atoms with Crippen molar-refractivity contribution in [1.29, 1.82) is 0 Å². The molecule has 1 aliphatic carbocycles. The van der Waals surface area contributed by atoms with Gasteiger partial charge in [-0.15, -0.1) is 0 Å². The molecule has 2 aliphatic rings. The molecule has 2 fully saturated rings. The van der Waals surface area contributed by atoms with E-state index >= 15 is 0 Å². The molecular formula is C14H22N2O2S. The number of sulfone groups is 1. The van der Waals surface area contributed by atoms with Crippen molar-refractivity contribution in [2.24, 2.45) is 0 Å². The molecule has 0 radical (unpaired) electrons. The second-order valence-corrected chi connectivity index (χ2v) is 7.21. The van der Waals surface area contributed by atoms with Crippen LogP contribution < -0.4 is 10.2 Å². The van der Waals surface area contributed by atoms with Crippen LogP contribution in [0.3, 0.4) is 0 Å². The number of benzene rings is 1. The summed E-state index contributed by atoms with van der Waals surface area (Å²) in [5, 5.41) is 3.17. The number of rotatable bonds is 3. The molecular weight excluding hydrogens is 260 g/mol. The summed E-state index contributed by atoms with van der Waals surface area (Å²) >= 11 is 0. The fourth-order valence-corrected chi connectivity index (χ4v) is 4.05. The van der Waals surface area contributed by atoms with E-state index in [4.69, 9.17) is 0 Å². The molecule has 106 valence electrons. The molecule has 1 aromatic rings. The highest BCUT2D eigenvalue weighted by atomic mass is 32.2. The molecule has 0 bridgehead atoms. The molecule has 0 amide bonds. The van der Waals surface area contributed by atoms with Gasteiger partial charge in [-0.05, 0) is 31.0 Å². The molecule has 1 saturated carbocycles. The van der Waals surface area contributed by atoms with Crippen LogP contribution in [0.2, 0.25) is 0 Å². The summed E-state index contributed by atoms with van der Waals surface area (Å²) in [6, 6.07) is 7.40. The van der Waals surface area contributed by atoms with Crippen LogP contribution in [0.4, 0.5) is 5.69 Å². The Labute approximate surface area is 115 Å². The predicted molar refractivity (Wildman–Crippen MR) is 78.5 cm³/mol. The summed E-state index contributed by atoms with van der Waals surface area (Å²) in [5.41, 5.74) is 1.03. The second kappa shape index (κ2) is 5.51. The van der Waals surface area contributed by atoms with Gasteiger partial charge in [-0.3, -0.25) is 0 Å². The van der Waals surface area contributed by atoms with Crippen molar-refractivity contribution in [2.75, 3.05) is 31.1 Å². The Kier molecular flexibility index (Phi) is 4.16. The topological polar surface area (TPSA) is 49.4 Å². The molecule has 19 heavy (non-hydrogen) atoms. The lowest BCUT2D eigenvalue weighted by atomic mass is 10.2. The van der Waals surface area contributed by atoms with Gasteiger partial charge in [0.2, 0.25) is 0 Å². The number of piperazine rings is 1. The molecule has 1 heterocycles. The summed E-state index contributed by atoms with van der Waals surface area (Å²) in [6.07, 6.45) is 1.64. The summed E-state index contributed by atoms with van der Waals surface area (Å²) in [6.45, 7) is 3.79. The van der Waals surface area contributed by atoms with Gasteiger partial charge in [0.05, 0.1) is 10.1 Å². The van der Waals surface area contributed by atoms with E-state index in [0.29, 0.717) is 4.90 Å². The zero-order chi connectivity index (χ0) is 12.6. The van der Waals surface area contributed by atoms with Crippen molar-refractivity contribution in [2.45, 2.75) is 30.4 Å². The van der Waals surface area contributed by atoms with Gasteiger partial charge in [-0.1, -0.05) is 13.5 Å². The van der Waals surface area contributed by atoms with E-state index in [1.54, 1.807) is 6.07 Å². The molecule has 0 spiro atoms. The summed E-state index contributed by atoms with van der Waals surface area (Å²) in [7, 11) is -3.07. The van der Waals surface area contributed by atoms with Gasteiger partial charge in [0.1, 0.15) is 0 Å². The standard InChI is InChI=1S/C13H18N2O2S.CH4/c16-18(17,12-4-5-12)13-3-1-2-11(10-13)15-8-6-14-7-9-15;/h1-3,10,12,14H,4-9H2;1H4. The van der Waals surface area contributed by atoms with Crippen molar-refractivity contribution in [3.8, 4) is 0 Å². The molecule has 1 aliphatic heterocycles. The fraction of sp³-hybridized carbons (Fsp3) is 0.571. The Morgan fingerprint density at radius 3 is 2.47 bits per heavy atom. The summed E-state index contributed by atoms with van der Waals surface area (Å²) in [5.74, 6) is 0. The van der Waals surface area contributed by atoms with Crippen molar-refractivity contribution in [3.63, 3.8) is 0 Å². The minimum Gasteiger partial charge on any atom is -0.369 e. The summed E-state index contributed by atoms with van der Waals surface area (Å²) < 4.78 is 24.4. The Morgan fingerprint density at radius 1 is 1.16 bits per heavy atom. The van der Waals surface area contributed by atoms with Crippen molar-refractivity contribution >= 4 is 15.5 Å². The number of nitrogens with one attached hydrogen (secondary N) is 1. The van der Waals surface area contributed by atoms with Crippen LogP contribution in [0.5, 0.6) is 0 Å². The van der Waals surface area contributed by atoms with Crippen LogP contribution in [0.1, 0.15) is 20.3 Å². The highest BCUT2D eigenvalue weighted by Crippen LogP contribution is 2.34. The lowest BCUT2D eigenvalue weighted by molar-refractivity contribution is 0.587. The largest absolute Gasteiger partial charge is 0.369 e. The Hall–Kier alpha value is -1.07. The monoisotopic (exact) mass is 282 g/mol. The zero-order valence-electron chi connectivity index (χ0n) is 10.3. The van der Waals surface area contributed by atoms with E-state index < -0.39 is 9.84 Å². The third kappa shape index (κ3) is 2.92. The Bertz CT molecular complexity index is 532. The maximum Gasteiger partial charge on any atom is 0.181 e. The average Bonchev–Trinajstić information content (AvgIpc) is 3.25. The third-order valence-corrected chi connectivity index (χ3v) is 5.85. The van der Waals surface area contributed by atoms with E-state index in [0.717, 1.165) is 44.7 Å². The smallest absolute Gasteiger partial charge is 0.181 e. The molecule has 0 aromatic heterocycles. The first kappa shape index (κ1) is 14.3. The normalized spacial score (nSPS) is 19.9. The molecule has 1 N–H and O–H groups in total. The number of hydrogen-bond acceptors (Lipinski definition) is 4. The van der Waals surface area contributed by atoms with Crippen LogP contribution in [-0.4, -0.2) is 39.8 Å². The maximum atomic E-state index is 12.2. The van der Waals surface area contributed by atoms with E-state index in [9.17, 15) is 8.42 Å². The number of nitrogens with zero attached hydrogens (tertiary/aromatic N) is 1. The first-order valence-corrected chi connectivity index (χ1v) is 8.02. The minimum atomic E-state index is -3.07. The van der Waals surface area contributed by atoms with Gasteiger partial charge >= 0.3 is 0 Å². The minimum absolute atomic E-state index is 0. The van der Waals surface area contributed by atoms with Gasteiger partial charge < -0.3 is 10.2 Å². The first-order valence-electron chi connectivity index (χ1n) is 6.47. The Balaban J connectivity index is 0.00000133. The lowest BCUT2D eigenvalue weighted by Crippen LogP contribution is -2.43. The highest BCUT2D eigenvalue weighted by Gasteiger charge is 2.37. The lowest BCUT2D eigenvalue weighted by Gasteiger charge is -2.29. The first-order chi connectivity index (χ1) is 8.68. The molecule has 1 aromatic carbocycles. The van der Waals surface area contributed by atoms with Gasteiger partial charge in [-0.25, -0.2) is 8.42 Å². The molecule has 0 atom stereocenters. The van der Waals surface area contributed by atoms with Crippen molar-refractivity contribution < 1.29 is 8.42 Å². The van der Waals surface area contributed by atoms with Gasteiger partial charge in [0.15, 0.2) is 9.84 Å². The molecule has 5 heteroatoms. The van der Waals surface area contributed by atoms with E-state index in [-0.39, 0.29) is 12.7 Å². The number of hydrogen-bond donors (Lipinski definition) is 1. The molecule has 0 unspecified atom stereocenters. The SMILES string of the molecule is C.O=S(=O)(c1cccc(N2CCNCC2)c1)C1CC1. The van der Waals surface area contributed by atoms with Crippen molar-refractivity contribution in [1.82, 2.24) is 5.32 Å². The van der Waals surface area contributed by atoms with Crippen molar-refractivity contribution in [3.05, 3.63) is 24.3 Å². The highest BCUT2D eigenvalue weighted by molar-refractivity contribution is 7.92. The van der Waals surface area contributed by atoms with Gasteiger partial charge in [-0.2, -0.15) is 0 Å². The van der Waals surface area contributed by atoms with Crippen LogP contribution in [0.15, 0.2) is 29.2 Å². The molecule has 4 nitrogen and oxygen atoms in total. The third-order valence-electron chi connectivity index (χ3n) is 3.59. The van der Waals surface area contributed by atoms with E-state index in [1.807, 2.05) is 18.2 Å². The van der Waals surface area contributed by atoms with Crippen LogP contribution in [0.25, 0.3) is 0 Å². The molecule has 3 rings (SSSR count). The zero-order valence-corrected chi connectivity index (χ0v) is 11.1. The Morgan fingerprint density at radius 2 is 1.84 bits per heavy atom. The van der Waals surface area contributed by atoms with Crippen LogP contribution in [-0.2, 0) is 9.84 Å². The van der Waals surface area contributed by atoms with E-state index in [2.05, 4.69) is 10.2 Å². The fourth-order valence-electron chi connectivity index (χ4n) is 2.35. The van der Waals surface area contributed by atoms with Crippen LogP contribution >= 0.6 is 0 Å². The van der Waals surface area contributed by atoms with Gasteiger partial charge in [0, 0.05) is 31.9 Å². The predicted octanol–water partition coefficient (Wildman–Crippen LogP) is 1.67. The molecule has 1 saturated heterocycles.